The quantitative estimate of drug-likeness (QED) is 0.0441. The summed E-state index contributed by atoms with van der Waals surface area (Å²) in [4.78, 5) is 34.7. The number of para-hydroxylation sites is 2. The molecule has 13 rings (SSSR count). The van der Waals surface area contributed by atoms with Crippen molar-refractivity contribution in [2.75, 3.05) is 22.9 Å². The largest absolute Gasteiger partial charge is 0.457 e. The number of nitrogens with two attached hydrogens (primary N) is 4. The fourth-order valence-electron chi connectivity index (χ4n) is 10.3. The van der Waals surface area contributed by atoms with Crippen LogP contribution in [0.4, 0.5) is 22.7 Å². The number of benzene rings is 11. The Hall–Kier alpha value is -10.3. The molecule has 0 radical (unpaired) electrons. The number of rotatable bonds is 10. The fourth-order valence-corrected chi connectivity index (χ4v) is 10.3. The third-order valence-corrected chi connectivity index (χ3v) is 14.1. The van der Waals surface area contributed by atoms with Crippen LogP contribution in [0.25, 0.3) is 76.1 Å². The molecule has 12 nitrogen and oxygen atoms in total. The van der Waals surface area contributed by atoms with Crippen molar-refractivity contribution in [1.82, 2.24) is 9.38 Å². The van der Waals surface area contributed by atoms with Crippen molar-refractivity contribution in [2.45, 2.75) is 35.1 Å². The molecule has 0 aliphatic rings. The van der Waals surface area contributed by atoms with Crippen LogP contribution in [-0.4, -0.2) is 15.2 Å². The summed E-state index contributed by atoms with van der Waals surface area (Å²) in [5, 5.41) is 5.57. The Morgan fingerprint density at radius 3 is 1.24 bits per heavy atom. The summed E-state index contributed by atoms with van der Waals surface area (Å²) < 4.78 is 29.7. The minimum Gasteiger partial charge on any atom is -0.457 e. The van der Waals surface area contributed by atoms with E-state index in [2.05, 4.69) is 44.7 Å². The Morgan fingerprint density at radius 1 is 0.462 bits per heavy atom. The van der Waals surface area contributed by atoms with E-state index in [1.165, 1.54) is 18.1 Å². The number of aryl methyl sites for hydroxylation is 2. The van der Waals surface area contributed by atoms with Gasteiger partial charge in [-0.25, -0.2) is 4.98 Å². The number of nitrogen functional groups attached to an aromatic ring is 4. The molecule has 0 aliphatic heterocycles. The van der Waals surface area contributed by atoms with Crippen LogP contribution in [0.2, 0.25) is 0 Å². The number of pyridine rings is 1. The van der Waals surface area contributed by atoms with Crippen molar-refractivity contribution in [1.29, 1.82) is 0 Å². The van der Waals surface area contributed by atoms with E-state index in [-0.39, 0.29) is 18.8 Å². The maximum atomic E-state index is 15.4. The van der Waals surface area contributed by atoms with E-state index in [1.807, 2.05) is 43.3 Å². The van der Waals surface area contributed by atoms with Crippen molar-refractivity contribution >= 4 is 105 Å². The predicted octanol–water partition coefficient (Wildman–Crippen LogP) is 16.2. The van der Waals surface area contributed by atoms with Crippen LogP contribution in [0, 0.1) is 13.8 Å². The first-order valence-corrected chi connectivity index (χ1v) is 24.9. The minimum absolute atomic E-state index is 0. The third kappa shape index (κ3) is 8.51. The van der Waals surface area contributed by atoms with Gasteiger partial charge in [-0.3, -0.25) is 14.0 Å². The summed E-state index contributed by atoms with van der Waals surface area (Å²) in [6.45, 7) is 12.1. The Labute approximate surface area is 448 Å². The van der Waals surface area contributed by atoms with Gasteiger partial charge in [0.2, 0.25) is 0 Å². The van der Waals surface area contributed by atoms with Gasteiger partial charge >= 0.3 is 0 Å². The monoisotopic (exact) mass is 1030 g/mol. The molecule has 78 heavy (non-hydrogen) atoms. The molecule has 2 aromatic heterocycles. The first-order chi connectivity index (χ1) is 37.2. The number of carbonyl (C=O) groups is 1. The highest BCUT2D eigenvalue weighted by atomic mass is 16.5. The molecule has 0 saturated carbocycles. The number of nitrogens with zero attached hydrogens (tertiary/aromatic N) is 2. The van der Waals surface area contributed by atoms with Gasteiger partial charge in [0.25, 0.3) is 5.56 Å². The van der Waals surface area contributed by atoms with Crippen LogP contribution in [0.1, 0.15) is 48.3 Å². The summed E-state index contributed by atoms with van der Waals surface area (Å²) in [5.41, 5.74) is 32.8. The summed E-state index contributed by atoms with van der Waals surface area (Å²) in [6.07, 6.45) is 0. The molecule has 384 valence electrons. The van der Waals surface area contributed by atoms with Crippen LogP contribution >= 0.6 is 0 Å². The number of imidazole rings is 1. The van der Waals surface area contributed by atoms with E-state index in [9.17, 15) is 4.79 Å². The normalized spacial score (nSPS) is 11.3. The van der Waals surface area contributed by atoms with Crippen LogP contribution in [0.5, 0.6) is 46.0 Å². The van der Waals surface area contributed by atoms with Gasteiger partial charge in [-0.2, -0.15) is 0 Å². The highest BCUT2D eigenvalue weighted by Crippen LogP contribution is 2.57. The van der Waals surface area contributed by atoms with E-state index < -0.39 is 0 Å². The van der Waals surface area contributed by atoms with E-state index in [1.54, 1.807) is 114 Å². The Morgan fingerprint density at radius 2 is 0.833 bits per heavy atom. The zero-order chi connectivity index (χ0) is 53.4. The number of Topliss-reactive ketones (excluding diaryl/α,β-unsaturated/α-hetero) is 1. The van der Waals surface area contributed by atoms with Crippen molar-refractivity contribution in [2.24, 2.45) is 0 Å². The number of anilines is 4. The standard InChI is InChI=1S/C57H40N6O6.C8H10.CH4/c1-28(2)38-24-44(66-34-16-8-30(58)9-17-34)50-53-47(69-37-22-14-33(61)15-23-37)27-41-49-40(56-62-42-6-4-5-7-43(42)63(56)57(41)65)26-46(68-36-20-12-32(60)13-21-36)52(55(49)53)51-45(67-35-18-10-31(59)11-19-35)25-39(29(3)64)48(38)54(50)51;1-7-5-3-4-6-8(7)2;/h4-27H,1,58-61H2,2-3H3;3-6H,1-2H3;1H4. The van der Waals surface area contributed by atoms with Crippen molar-refractivity contribution in [3.8, 4) is 46.0 Å². The summed E-state index contributed by atoms with van der Waals surface area (Å²) in [7, 11) is 0. The molecular formula is C66H54N6O6. The number of fused-ring (bicyclic) bond motifs is 6. The SMILES string of the molecule is C.C=C(C)c1cc(Oc2ccc(N)cc2)c2c3c(Oc4ccc(N)cc4)cc4c(=O)n5c6ccccc6nc5c5cc(Oc6ccc(N)cc6)c(c6c(Oc7ccc(N)cc7)cc(C(C)=O)c1c26)c3c45.Cc1ccccc1C. The van der Waals surface area contributed by atoms with Gasteiger partial charge in [-0.1, -0.05) is 56.0 Å². The van der Waals surface area contributed by atoms with E-state index in [0.29, 0.717) is 156 Å². The molecule has 0 unspecified atom stereocenters. The molecule has 12 heteroatoms. The molecule has 13 aromatic rings. The number of hydrogen-bond acceptors (Lipinski definition) is 11. The number of ether oxygens (including phenoxy) is 4. The molecule has 8 N–H and O–H groups in total. The Balaban J connectivity index is 0.000000660. The lowest BCUT2D eigenvalue weighted by atomic mass is 9.82. The molecule has 2 heterocycles. The minimum atomic E-state index is -0.310. The number of allylic oxidation sites excluding steroid dienone is 1. The lowest BCUT2D eigenvalue weighted by Crippen LogP contribution is -2.14. The van der Waals surface area contributed by atoms with Gasteiger partial charge in [0.15, 0.2) is 5.78 Å². The average molecular weight is 1030 g/mol. The second-order valence-electron chi connectivity index (χ2n) is 19.4. The molecule has 0 aliphatic carbocycles. The zero-order valence-electron chi connectivity index (χ0n) is 42.5. The van der Waals surface area contributed by atoms with E-state index >= 15 is 4.79 Å². The Kier molecular flexibility index (Phi) is 12.4. The highest BCUT2D eigenvalue weighted by molar-refractivity contribution is 6.43. The first kappa shape index (κ1) is 49.9. The predicted molar refractivity (Wildman–Crippen MR) is 320 cm³/mol. The molecule has 0 saturated heterocycles. The van der Waals surface area contributed by atoms with Gasteiger partial charge in [0.1, 0.15) is 51.6 Å². The molecular weight excluding hydrogens is 973 g/mol. The average Bonchev–Trinajstić information content (AvgIpc) is 2.63. The second-order valence-corrected chi connectivity index (χ2v) is 19.4. The van der Waals surface area contributed by atoms with Crippen molar-refractivity contribution in [3.05, 3.63) is 209 Å². The van der Waals surface area contributed by atoms with E-state index in [4.69, 9.17) is 46.9 Å². The number of carbonyl (C=O) groups excluding carboxylic acids is 1. The summed E-state index contributed by atoms with van der Waals surface area (Å²) in [6, 6.07) is 51.5. The zero-order valence-corrected chi connectivity index (χ0v) is 42.5. The van der Waals surface area contributed by atoms with Crippen LogP contribution in [0.3, 0.4) is 0 Å². The maximum absolute atomic E-state index is 15.4. The molecule has 0 bridgehead atoms. The van der Waals surface area contributed by atoms with Crippen molar-refractivity contribution < 1.29 is 23.7 Å². The van der Waals surface area contributed by atoms with Crippen LogP contribution in [0.15, 0.2) is 181 Å². The molecule has 11 aromatic carbocycles. The molecule has 0 amide bonds. The first-order valence-electron chi connectivity index (χ1n) is 24.9. The molecule has 0 fully saturated rings. The lowest BCUT2D eigenvalue weighted by Gasteiger charge is -2.26. The maximum Gasteiger partial charge on any atom is 0.264 e. The van der Waals surface area contributed by atoms with Crippen molar-refractivity contribution in [3.63, 3.8) is 0 Å². The number of ketones is 1. The lowest BCUT2D eigenvalue weighted by molar-refractivity contribution is 0.101. The Bertz CT molecular complexity index is 4430. The molecule has 0 atom stereocenters. The topological polar surface area (TPSA) is 192 Å². The molecule has 0 spiro atoms. The van der Waals surface area contributed by atoms with Crippen LogP contribution < -0.4 is 47.4 Å². The second kappa shape index (κ2) is 19.4. The number of aromatic nitrogens is 2. The van der Waals surface area contributed by atoms with Crippen LogP contribution in [-0.2, 0) is 0 Å². The van der Waals surface area contributed by atoms with Gasteiger partial charge in [-0.05, 0) is 178 Å². The summed E-state index contributed by atoms with van der Waals surface area (Å²) >= 11 is 0. The highest BCUT2D eigenvalue weighted by Gasteiger charge is 2.32. The third-order valence-electron chi connectivity index (χ3n) is 14.1. The van der Waals surface area contributed by atoms with E-state index in [0.717, 1.165) is 0 Å². The van der Waals surface area contributed by atoms with Gasteiger partial charge in [-0.15, -0.1) is 0 Å². The summed E-state index contributed by atoms with van der Waals surface area (Å²) in [5.74, 6) is 3.07. The van der Waals surface area contributed by atoms with Gasteiger partial charge < -0.3 is 41.9 Å². The fraction of sp³-hybridized carbons (Fsp3) is 0.0758. The smallest absolute Gasteiger partial charge is 0.264 e. The van der Waals surface area contributed by atoms with Gasteiger partial charge in [0, 0.05) is 76.8 Å². The number of hydrogen-bond donors (Lipinski definition) is 4. The van der Waals surface area contributed by atoms with Gasteiger partial charge in [0.05, 0.1) is 16.4 Å².